The maximum Gasteiger partial charge on any atom is 0.313 e. The van der Waals surface area contributed by atoms with E-state index in [0.29, 0.717) is 12.2 Å². The molecule has 0 fully saturated rings. The van der Waals surface area contributed by atoms with Crippen molar-refractivity contribution in [2.24, 2.45) is 0 Å². The number of carbonyl (C=O) groups excluding carboxylic acids is 2. The van der Waals surface area contributed by atoms with Crippen molar-refractivity contribution >= 4 is 17.5 Å². The fourth-order valence-corrected chi connectivity index (χ4v) is 2.10. The van der Waals surface area contributed by atoms with Crippen LogP contribution in [0.2, 0.25) is 0 Å². The fourth-order valence-electron chi connectivity index (χ4n) is 2.10. The number of aryl methyl sites for hydroxylation is 1. The van der Waals surface area contributed by atoms with Crippen molar-refractivity contribution < 1.29 is 14.0 Å². The number of anilines is 1. The van der Waals surface area contributed by atoms with Gasteiger partial charge >= 0.3 is 11.8 Å². The number of unbranched alkanes of at least 4 members (excludes halogenated alkanes) is 1. The molecule has 0 saturated heterocycles. The SMILES string of the molecule is O=C(NCCCCc1ccccc1)C(=O)Nc1ccc(F)cc1. The summed E-state index contributed by atoms with van der Waals surface area (Å²) >= 11 is 0. The number of halogens is 1. The third-order valence-electron chi connectivity index (χ3n) is 3.33. The van der Waals surface area contributed by atoms with Crippen molar-refractivity contribution in [1.82, 2.24) is 5.32 Å². The van der Waals surface area contributed by atoms with Gasteiger partial charge in [-0.05, 0) is 49.1 Å². The second-order valence-corrected chi connectivity index (χ2v) is 5.16. The van der Waals surface area contributed by atoms with Crippen LogP contribution in [0.15, 0.2) is 54.6 Å². The number of hydrogen-bond acceptors (Lipinski definition) is 2. The van der Waals surface area contributed by atoms with Gasteiger partial charge in [0.2, 0.25) is 0 Å². The summed E-state index contributed by atoms with van der Waals surface area (Å²) < 4.78 is 12.8. The molecule has 0 unspecified atom stereocenters. The first-order valence-corrected chi connectivity index (χ1v) is 7.54. The molecule has 0 bridgehead atoms. The van der Waals surface area contributed by atoms with Gasteiger partial charge in [0.1, 0.15) is 5.82 Å². The van der Waals surface area contributed by atoms with Gasteiger partial charge in [0.15, 0.2) is 0 Å². The minimum atomic E-state index is -0.750. The Morgan fingerprint density at radius 3 is 2.26 bits per heavy atom. The number of rotatable bonds is 6. The molecule has 0 heterocycles. The lowest BCUT2D eigenvalue weighted by molar-refractivity contribution is -0.136. The smallest absolute Gasteiger partial charge is 0.313 e. The molecule has 0 atom stereocenters. The maximum atomic E-state index is 12.8. The summed E-state index contributed by atoms with van der Waals surface area (Å²) in [7, 11) is 0. The van der Waals surface area contributed by atoms with E-state index in [1.807, 2.05) is 18.2 Å². The van der Waals surface area contributed by atoms with Gasteiger partial charge < -0.3 is 10.6 Å². The lowest BCUT2D eigenvalue weighted by Gasteiger charge is -2.06. The number of amides is 2. The van der Waals surface area contributed by atoms with Crippen molar-refractivity contribution in [3.05, 3.63) is 66.0 Å². The lowest BCUT2D eigenvalue weighted by atomic mass is 10.1. The standard InChI is InChI=1S/C18H19FN2O2/c19-15-9-11-16(12-10-15)21-18(23)17(22)20-13-5-4-8-14-6-2-1-3-7-14/h1-3,6-7,9-12H,4-5,8,13H2,(H,20,22)(H,21,23). The van der Waals surface area contributed by atoms with Crippen LogP contribution in [-0.4, -0.2) is 18.4 Å². The highest BCUT2D eigenvalue weighted by atomic mass is 19.1. The van der Waals surface area contributed by atoms with Gasteiger partial charge in [-0.1, -0.05) is 30.3 Å². The second kappa shape index (κ2) is 8.68. The normalized spacial score (nSPS) is 10.1. The molecule has 0 aliphatic carbocycles. The van der Waals surface area contributed by atoms with E-state index in [1.165, 1.54) is 29.8 Å². The molecule has 2 N–H and O–H groups in total. The third kappa shape index (κ3) is 5.90. The van der Waals surface area contributed by atoms with Gasteiger partial charge in [-0.3, -0.25) is 9.59 Å². The van der Waals surface area contributed by atoms with Crippen LogP contribution < -0.4 is 10.6 Å². The van der Waals surface area contributed by atoms with E-state index >= 15 is 0 Å². The van der Waals surface area contributed by atoms with E-state index in [2.05, 4.69) is 22.8 Å². The predicted molar refractivity (Wildman–Crippen MR) is 87.4 cm³/mol. The first-order chi connectivity index (χ1) is 11.1. The zero-order valence-corrected chi connectivity index (χ0v) is 12.7. The van der Waals surface area contributed by atoms with E-state index in [9.17, 15) is 14.0 Å². The van der Waals surface area contributed by atoms with E-state index < -0.39 is 17.6 Å². The zero-order chi connectivity index (χ0) is 16.5. The minimum Gasteiger partial charge on any atom is -0.348 e. The van der Waals surface area contributed by atoms with Crippen molar-refractivity contribution in [2.75, 3.05) is 11.9 Å². The number of carbonyl (C=O) groups is 2. The molecule has 2 rings (SSSR count). The van der Waals surface area contributed by atoms with Crippen LogP contribution >= 0.6 is 0 Å². The number of nitrogens with one attached hydrogen (secondary N) is 2. The molecule has 4 nitrogen and oxygen atoms in total. The van der Waals surface area contributed by atoms with Gasteiger partial charge in [-0.25, -0.2) is 4.39 Å². The Balaban J connectivity index is 1.64. The summed E-state index contributed by atoms with van der Waals surface area (Å²) in [5.74, 6) is -1.83. The molecule has 0 radical (unpaired) electrons. The highest BCUT2D eigenvalue weighted by molar-refractivity contribution is 6.39. The molecule has 5 heteroatoms. The van der Waals surface area contributed by atoms with Crippen LogP contribution in [0.1, 0.15) is 18.4 Å². The van der Waals surface area contributed by atoms with Crippen LogP contribution in [0.3, 0.4) is 0 Å². The van der Waals surface area contributed by atoms with E-state index in [0.717, 1.165) is 19.3 Å². The Morgan fingerprint density at radius 1 is 0.870 bits per heavy atom. The van der Waals surface area contributed by atoms with Gasteiger partial charge in [0.05, 0.1) is 0 Å². The summed E-state index contributed by atoms with van der Waals surface area (Å²) in [5, 5.41) is 4.99. The minimum absolute atomic E-state index is 0.385. The quantitative estimate of drug-likeness (QED) is 0.636. The van der Waals surface area contributed by atoms with Crippen LogP contribution in [-0.2, 0) is 16.0 Å². The molecule has 0 aromatic heterocycles. The van der Waals surface area contributed by atoms with Crippen LogP contribution in [0.25, 0.3) is 0 Å². The van der Waals surface area contributed by atoms with E-state index in [1.54, 1.807) is 0 Å². The van der Waals surface area contributed by atoms with Crippen molar-refractivity contribution in [2.45, 2.75) is 19.3 Å². The van der Waals surface area contributed by atoms with Gasteiger partial charge in [0.25, 0.3) is 0 Å². The van der Waals surface area contributed by atoms with Crippen LogP contribution in [0.5, 0.6) is 0 Å². The molecule has 120 valence electrons. The summed E-state index contributed by atoms with van der Waals surface area (Å²) in [6.45, 7) is 0.447. The zero-order valence-electron chi connectivity index (χ0n) is 12.7. The van der Waals surface area contributed by atoms with Crippen molar-refractivity contribution in [3.63, 3.8) is 0 Å². The summed E-state index contributed by atoms with van der Waals surface area (Å²) in [4.78, 5) is 23.3. The Kier molecular flexibility index (Phi) is 6.29. The van der Waals surface area contributed by atoms with Crippen molar-refractivity contribution in [3.8, 4) is 0 Å². The summed E-state index contributed by atoms with van der Waals surface area (Å²) in [6, 6.07) is 15.3. The number of benzene rings is 2. The van der Waals surface area contributed by atoms with Crippen molar-refractivity contribution in [1.29, 1.82) is 0 Å². The van der Waals surface area contributed by atoms with Gasteiger partial charge in [-0.15, -0.1) is 0 Å². The molecule has 2 aromatic carbocycles. The second-order valence-electron chi connectivity index (χ2n) is 5.16. The summed E-state index contributed by atoms with van der Waals surface area (Å²) in [6.07, 6.45) is 2.67. The Hall–Kier alpha value is -2.69. The molecule has 0 saturated carbocycles. The largest absolute Gasteiger partial charge is 0.348 e. The van der Waals surface area contributed by atoms with Crippen LogP contribution in [0, 0.1) is 5.82 Å². The Bertz CT molecular complexity index is 642. The molecule has 0 aliphatic heterocycles. The molecular weight excluding hydrogens is 295 g/mol. The Labute approximate surface area is 134 Å². The predicted octanol–water partition coefficient (Wildman–Crippen LogP) is 2.90. The summed E-state index contributed by atoms with van der Waals surface area (Å²) in [5.41, 5.74) is 1.64. The maximum absolute atomic E-state index is 12.8. The Morgan fingerprint density at radius 2 is 1.57 bits per heavy atom. The first-order valence-electron chi connectivity index (χ1n) is 7.54. The topological polar surface area (TPSA) is 58.2 Å². The fraction of sp³-hybridized carbons (Fsp3) is 0.222. The van der Waals surface area contributed by atoms with Crippen LogP contribution in [0.4, 0.5) is 10.1 Å². The molecule has 0 spiro atoms. The lowest BCUT2D eigenvalue weighted by Crippen LogP contribution is -2.35. The van der Waals surface area contributed by atoms with Gasteiger partial charge in [0, 0.05) is 12.2 Å². The molecular formula is C18H19FN2O2. The van der Waals surface area contributed by atoms with E-state index in [4.69, 9.17) is 0 Å². The average Bonchev–Trinajstić information content (AvgIpc) is 2.57. The molecule has 23 heavy (non-hydrogen) atoms. The average molecular weight is 314 g/mol. The highest BCUT2D eigenvalue weighted by Crippen LogP contribution is 2.08. The third-order valence-corrected chi connectivity index (χ3v) is 3.33. The molecule has 2 aromatic rings. The number of hydrogen-bond donors (Lipinski definition) is 2. The van der Waals surface area contributed by atoms with Gasteiger partial charge in [-0.2, -0.15) is 0 Å². The first kappa shape index (κ1) is 16.7. The highest BCUT2D eigenvalue weighted by Gasteiger charge is 2.12. The molecule has 2 amide bonds. The van der Waals surface area contributed by atoms with E-state index in [-0.39, 0.29) is 0 Å². The molecule has 0 aliphatic rings. The monoisotopic (exact) mass is 314 g/mol.